The smallest absolute Gasteiger partial charge is 0.256 e. The van der Waals surface area contributed by atoms with Crippen molar-refractivity contribution >= 4 is 17.4 Å². The van der Waals surface area contributed by atoms with Gasteiger partial charge in [0.25, 0.3) is 5.91 Å². The van der Waals surface area contributed by atoms with Crippen molar-refractivity contribution < 1.29 is 14.3 Å². The zero-order valence-corrected chi connectivity index (χ0v) is 16.1. The minimum Gasteiger partial charge on any atom is -0.454 e. The lowest BCUT2D eigenvalue weighted by Gasteiger charge is -2.10. The Hall–Kier alpha value is -3.80. The maximum atomic E-state index is 13.0. The van der Waals surface area contributed by atoms with Gasteiger partial charge in [0.1, 0.15) is 17.2 Å². The number of rotatable bonds is 3. The predicted octanol–water partition coefficient (Wildman–Crippen LogP) is 4.60. The lowest BCUT2D eigenvalue weighted by atomic mass is 10.1. The summed E-state index contributed by atoms with van der Waals surface area (Å²) < 4.78 is 12.6. The van der Waals surface area contributed by atoms with E-state index in [0.717, 1.165) is 28.0 Å². The third kappa shape index (κ3) is 2.99. The quantitative estimate of drug-likeness (QED) is 0.560. The first-order valence-corrected chi connectivity index (χ1v) is 9.36. The van der Waals surface area contributed by atoms with Gasteiger partial charge in [-0.2, -0.15) is 0 Å². The number of hydrogen-bond acceptors (Lipinski definition) is 4. The van der Waals surface area contributed by atoms with Gasteiger partial charge in [-0.05, 0) is 55.3 Å². The summed E-state index contributed by atoms with van der Waals surface area (Å²) >= 11 is 0. The molecule has 5 rings (SSSR count). The Kier molecular flexibility index (Phi) is 3.98. The van der Waals surface area contributed by atoms with Crippen LogP contribution in [0.4, 0.5) is 5.82 Å². The zero-order valence-electron chi connectivity index (χ0n) is 16.1. The average molecular weight is 385 g/mol. The summed E-state index contributed by atoms with van der Waals surface area (Å²) in [6.07, 6.45) is 1.93. The largest absolute Gasteiger partial charge is 0.454 e. The third-order valence-corrected chi connectivity index (χ3v) is 5.05. The molecule has 3 heterocycles. The highest BCUT2D eigenvalue weighted by atomic mass is 16.7. The second kappa shape index (κ2) is 6.67. The van der Waals surface area contributed by atoms with E-state index in [1.807, 2.05) is 60.8 Å². The Balaban J connectivity index is 1.61. The van der Waals surface area contributed by atoms with Crippen LogP contribution in [0.15, 0.2) is 60.8 Å². The molecule has 0 spiro atoms. The molecular formula is C23H19N3O3. The van der Waals surface area contributed by atoms with Crippen molar-refractivity contribution in [3.63, 3.8) is 0 Å². The summed E-state index contributed by atoms with van der Waals surface area (Å²) in [7, 11) is 0. The summed E-state index contributed by atoms with van der Waals surface area (Å²) in [4.78, 5) is 17.9. The van der Waals surface area contributed by atoms with Crippen molar-refractivity contribution in [1.29, 1.82) is 0 Å². The monoisotopic (exact) mass is 385 g/mol. The summed E-state index contributed by atoms with van der Waals surface area (Å²) in [6.45, 7) is 4.23. The molecule has 0 saturated carbocycles. The van der Waals surface area contributed by atoms with E-state index in [9.17, 15) is 4.79 Å². The van der Waals surface area contributed by atoms with Gasteiger partial charge in [0.05, 0.1) is 0 Å². The Bertz CT molecular complexity index is 1260. The first kappa shape index (κ1) is 17.3. The normalized spacial score (nSPS) is 12.3. The molecule has 4 aromatic rings. The number of imidazole rings is 1. The summed E-state index contributed by atoms with van der Waals surface area (Å²) in [5, 5.41) is 3.05. The lowest BCUT2D eigenvalue weighted by molar-refractivity contribution is 0.102. The molecule has 2 aromatic heterocycles. The fourth-order valence-electron chi connectivity index (χ4n) is 3.51. The highest BCUT2D eigenvalue weighted by Gasteiger charge is 2.20. The van der Waals surface area contributed by atoms with E-state index in [0.29, 0.717) is 22.9 Å². The minimum atomic E-state index is -0.236. The van der Waals surface area contributed by atoms with E-state index in [4.69, 9.17) is 14.5 Å². The molecule has 6 heteroatoms. The lowest BCUT2D eigenvalue weighted by Crippen LogP contribution is -2.14. The molecule has 0 bridgehead atoms. The second-order valence-electron chi connectivity index (χ2n) is 7.08. The van der Waals surface area contributed by atoms with Gasteiger partial charge in [-0.25, -0.2) is 4.98 Å². The fourth-order valence-corrected chi connectivity index (χ4v) is 3.51. The number of nitrogens with one attached hydrogen (secondary N) is 1. The molecule has 0 radical (unpaired) electrons. The van der Waals surface area contributed by atoms with E-state index in [1.54, 1.807) is 18.2 Å². The molecule has 0 atom stereocenters. The van der Waals surface area contributed by atoms with E-state index in [1.165, 1.54) is 0 Å². The molecule has 0 saturated heterocycles. The molecule has 0 fully saturated rings. The molecule has 0 aliphatic carbocycles. The summed E-state index contributed by atoms with van der Waals surface area (Å²) in [6, 6.07) is 17.2. The van der Waals surface area contributed by atoms with Crippen LogP contribution in [0.5, 0.6) is 11.5 Å². The Labute approximate surface area is 167 Å². The van der Waals surface area contributed by atoms with Gasteiger partial charge in [-0.3, -0.25) is 9.20 Å². The number of aryl methyl sites for hydroxylation is 2. The number of amides is 1. The van der Waals surface area contributed by atoms with E-state index < -0.39 is 0 Å². The van der Waals surface area contributed by atoms with Gasteiger partial charge in [0, 0.05) is 17.3 Å². The van der Waals surface area contributed by atoms with Gasteiger partial charge in [-0.1, -0.05) is 24.3 Å². The van der Waals surface area contributed by atoms with Crippen LogP contribution in [0.3, 0.4) is 0 Å². The second-order valence-corrected chi connectivity index (χ2v) is 7.08. The predicted molar refractivity (Wildman–Crippen MR) is 111 cm³/mol. The molecule has 2 aromatic carbocycles. The van der Waals surface area contributed by atoms with Gasteiger partial charge in [0.15, 0.2) is 11.5 Å². The van der Waals surface area contributed by atoms with Gasteiger partial charge in [-0.15, -0.1) is 0 Å². The number of benzene rings is 2. The van der Waals surface area contributed by atoms with Crippen LogP contribution < -0.4 is 14.8 Å². The van der Waals surface area contributed by atoms with Crippen LogP contribution in [-0.4, -0.2) is 22.1 Å². The van der Waals surface area contributed by atoms with E-state index in [-0.39, 0.29) is 12.7 Å². The SMILES string of the molecule is Cc1ccn2c(NC(=O)c3ccc4c(c3)OCO4)c(-c3ccccc3C)nc2c1. The van der Waals surface area contributed by atoms with Gasteiger partial charge in [0.2, 0.25) is 6.79 Å². The fraction of sp³-hybridized carbons (Fsp3) is 0.130. The van der Waals surface area contributed by atoms with Crippen LogP contribution in [-0.2, 0) is 0 Å². The van der Waals surface area contributed by atoms with E-state index >= 15 is 0 Å². The Morgan fingerprint density at radius 3 is 2.72 bits per heavy atom. The molecule has 1 aliphatic heterocycles. The molecular weight excluding hydrogens is 366 g/mol. The molecule has 1 amide bonds. The average Bonchev–Trinajstić information content (AvgIpc) is 3.32. The number of ether oxygens (including phenoxy) is 2. The number of fused-ring (bicyclic) bond motifs is 2. The topological polar surface area (TPSA) is 64.9 Å². The third-order valence-electron chi connectivity index (χ3n) is 5.05. The van der Waals surface area contributed by atoms with Crippen LogP contribution in [0.1, 0.15) is 21.5 Å². The maximum Gasteiger partial charge on any atom is 0.256 e. The van der Waals surface area contributed by atoms with E-state index in [2.05, 4.69) is 5.32 Å². The number of pyridine rings is 1. The van der Waals surface area contributed by atoms with Crippen LogP contribution in [0, 0.1) is 13.8 Å². The highest BCUT2D eigenvalue weighted by molar-refractivity contribution is 6.06. The number of carbonyl (C=O) groups is 1. The number of nitrogens with zero attached hydrogens (tertiary/aromatic N) is 2. The maximum absolute atomic E-state index is 13.0. The molecule has 1 aliphatic rings. The van der Waals surface area contributed by atoms with Gasteiger partial charge < -0.3 is 14.8 Å². The first-order valence-electron chi connectivity index (χ1n) is 9.36. The van der Waals surface area contributed by atoms with Crippen LogP contribution in [0.2, 0.25) is 0 Å². The standard InChI is InChI=1S/C23H19N3O3/c1-14-9-10-26-20(11-14)24-21(17-6-4-3-5-15(17)2)22(26)25-23(27)16-7-8-18-19(12-16)29-13-28-18/h3-12H,13H2,1-2H3,(H,25,27). The summed E-state index contributed by atoms with van der Waals surface area (Å²) in [5.41, 5.74) is 5.19. The Morgan fingerprint density at radius 2 is 1.86 bits per heavy atom. The number of hydrogen-bond donors (Lipinski definition) is 1. The van der Waals surface area contributed by atoms with Crippen molar-refractivity contribution in [2.75, 3.05) is 12.1 Å². The number of aromatic nitrogens is 2. The van der Waals surface area contributed by atoms with Crippen molar-refractivity contribution in [3.8, 4) is 22.8 Å². The molecule has 144 valence electrons. The van der Waals surface area contributed by atoms with Crippen molar-refractivity contribution in [2.45, 2.75) is 13.8 Å². The molecule has 6 nitrogen and oxygen atoms in total. The molecule has 1 N–H and O–H groups in total. The van der Waals surface area contributed by atoms with Crippen molar-refractivity contribution in [1.82, 2.24) is 9.38 Å². The molecule has 0 unspecified atom stereocenters. The van der Waals surface area contributed by atoms with Gasteiger partial charge >= 0.3 is 0 Å². The number of anilines is 1. The Morgan fingerprint density at radius 1 is 1.03 bits per heavy atom. The number of carbonyl (C=O) groups excluding carboxylic acids is 1. The van der Waals surface area contributed by atoms with Crippen LogP contribution >= 0.6 is 0 Å². The zero-order chi connectivity index (χ0) is 20.0. The van der Waals surface area contributed by atoms with Crippen molar-refractivity contribution in [3.05, 3.63) is 77.5 Å². The summed E-state index contributed by atoms with van der Waals surface area (Å²) in [5.74, 6) is 1.62. The van der Waals surface area contributed by atoms with Crippen LogP contribution in [0.25, 0.3) is 16.9 Å². The highest BCUT2D eigenvalue weighted by Crippen LogP contribution is 2.34. The van der Waals surface area contributed by atoms with Crippen molar-refractivity contribution in [2.24, 2.45) is 0 Å². The first-order chi connectivity index (χ1) is 14.1. The minimum absolute atomic E-state index is 0.171. The molecule has 29 heavy (non-hydrogen) atoms.